The fourth-order valence-electron chi connectivity index (χ4n) is 3.76. The Labute approximate surface area is 146 Å². The Morgan fingerprint density at radius 1 is 1.46 bits per heavy atom. The van der Waals surface area contributed by atoms with Crippen molar-refractivity contribution in [3.05, 3.63) is 17.8 Å². The molecule has 132 valence electrons. The van der Waals surface area contributed by atoms with Crippen molar-refractivity contribution in [3.8, 4) is 0 Å². The number of carbonyl (C=O) groups is 1. The average molecular weight is 352 g/mol. The maximum absolute atomic E-state index is 12.4. The molecule has 1 aromatic rings. The lowest BCUT2D eigenvalue weighted by Crippen LogP contribution is -2.60. The number of rotatable bonds is 4. The van der Waals surface area contributed by atoms with Gasteiger partial charge in [0.05, 0.1) is 16.5 Å². The van der Waals surface area contributed by atoms with Gasteiger partial charge in [-0.05, 0) is 32.1 Å². The zero-order valence-electron chi connectivity index (χ0n) is 14.0. The largest absolute Gasteiger partial charge is 0.438 e. The second-order valence-corrected chi connectivity index (χ2v) is 8.63. The molecule has 3 saturated heterocycles. The number of likely N-dealkylation sites (tertiary alicyclic amines) is 1. The minimum absolute atomic E-state index is 0.0391. The van der Waals surface area contributed by atoms with E-state index in [0.29, 0.717) is 23.5 Å². The number of hydrogen-bond donors (Lipinski definition) is 0. The van der Waals surface area contributed by atoms with Crippen LogP contribution in [0.4, 0.5) is 0 Å². The lowest BCUT2D eigenvalue weighted by Gasteiger charge is -2.47. The molecule has 7 heteroatoms. The van der Waals surface area contributed by atoms with Crippen LogP contribution >= 0.6 is 11.8 Å². The molecule has 1 aromatic heterocycles. The minimum Gasteiger partial charge on any atom is -0.438 e. The Morgan fingerprint density at radius 2 is 2.25 bits per heavy atom. The summed E-state index contributed by atoms with van der Waals surface area (Å²) in [6.45, 7) is 5.97. The Kier molecular flexibility index (Phi) is 4.58. The van der Waals surface area contributed by atoms with Crippen LogP contribution in [-0.4, -0.2) is 65.3 Å². The molecule has 3 aliphatic heterocycles. The second-order valence-electron chi connectivity index (χ2n) is 7.14. The van der Waals surface area contributed by atoms with E-state index in [9.17, 15) is 4.79 Å². The molecule has 0 aromatic carbocycles. The van der Waals surface area contributed by atoms with E-state index in [2.05, 4.69) is 4.98 Å². The van der Waals surface area contributed by atoms with Crippen LogP contribution < -0.4 is 0 Å². The van der Waals surface area contributed by atoms with E-state index in [1.54, 1.807) is 6.92 Å². The van der Waals surface area contributed by atoms with Crippen LogP contribution in [0.25, 0.3) is 0 Å². The van der Waals surface area contributed by atoms with Gasteiger partial charge in [-0.1, -0.05) is 0 Å². The fourth-order valence-corrected chi connectivity index (χ4v) is 5.31. The molecule has 4 rings (SSSR count). The van der Waals surface area contributed by atoms with Gasteiger partial charge in [-0.2, -0.15) is 0 Å². The fraction of sp³-hybridized carbons (Fsp3) is 0.765. The van der Waals surface area contributed by atoms with Crippen LogP contribution in [0.3, 0.4) is 0 Å². The van der Waals surface area contributed by atoms with E-state index in [4.69, 9.17) is 13.9 Å². The van der Waals surface area contributed by atoms with Crippen molar-refractivity contribution in [2.24, 2.45) is 5.92 Å². The predicted molar refractivity (Wildman–Crippen MR) is 90.2 cm³/mol. The molecule has 6 nitrogen and oxygen atoms in total. The number of oxazole rings is 1. The first kappa shape index (κ1) is 16.4. The van der Waals surface area contributed by atoms with Crippen LogP contribution in [0, 0.1) is 12.8 Å². The van der Waals surface area contributed by atoms with Gasteiger partial charge < -0.3 is 18.8 Å². The van der Waals surface area contributed by atoms with Gasteiger partial charge in [0.2, 0.25) is 5.76 Å². The highest BCUT2D eigenvalue weighted by Crippen LogP contribution is 2.46. The van der Waals surface area contributed by atoms with Crippen molar-refractivity contribution in [2.75, 3.05) is 38.7 Å². The third kappa shape index (κ3) is 3.21. The molecule has 1 spiro atoms. The Hall–Kier alpha value is -1.05. The van der Waals surface area contributed by atoms with E-state index in [0.717, 1.165) is 57.9 Å². The molecule has 0 aliphatic carbocycles. The van der Waals surface area contributed by atoms with Gasteiger partial charge in [0.25, 0.3) is 5.91 Å². The van der Waals surface area contributed by atoms with Crippen molar-refractivity contribution >= 4 is 17.7 Å². The smallest absolute Gasteiger partial charge is 0.291 e. The van der Waals surface area contributed by atoms with Crippen LogP contribution in [0.1, 0.15) is 35.5 Å². The van der Waals surface area contributed by atoms with E-state index in [1.165, 1.54) is 6.39 Å². The number of aromatic nitrogens is 1. The van der Waals surface area contributed by atoms with E-state index in [-0.39, 0.29) is 10.7 Å². The Morgan fingerprint density at radius 3 is 2.96 bits per heavy atom. The summed E-state index contributed by atoms with van der Waals surface area (Å²) in [7, 11) is 0. The van der Waals surface area contributed by atoms with E-state index in [1.807, 2.05) is 16.7 Å². The zero-order chi connectivity index (χ0) is 16.6. The van der Waals surface area contributed by atoms with Crippen LogP contribution in [0.5, 0.6) is 0 Å². The number of aryl methyl sites for hydroxylation is 1. The third-order valence-electron chi connectivity index (χ3n) is 5.27. The summed E-state index contributed by atoms with van der Waals surface area (Å²) in [6.07, 6.45) is 4.93. The summed E-state index contributed by atoms with van der Waals surface area (Å²) in [5.41, 5.74) is 0.665. The van der Waals surface area contributed by atoms with Gasteiger partial charge >= 0.3 is 0 Å². The van der Waals surface area contributed by atoms with Crippen molar-refractivity contribution in [3.63, 3.8) is 0 Å². The van der Waals surface area contributed by atoms with Crippen molar-refractivity contribution in [2.45, 2.75) is 37.0 Å². The Balaban J connectivity index is 1.24. The van der Waals surface area contributed by atoms with Gasteiger partial charge in [0.1, 0.15) is 0 Å². The molecular weight excluding hydrogens is 328 g/mol. The lowest BCUT2D eigenvalue weighted by atomic mass is 9.92. The van der Waals surface area contributed by atoms with E-state index >= 15 is 0 Å². The number of ether oxygens (including phenoxy) is 2. The lowest BCUT2D eigenvalue weighted by molar-refractivity contribution is -0.0120. The minimum atomic E-state index is -0.0391. The van der Waals surface area contributed by atoms with E-state index < -0.39 is 0 Å². The molecule has 1 atom stereocenters. The van der Waals surface area contributed by atoms with Gasteiger partial charge in [-0.15, -0.1) is 11.8 Å². The molecule has 4 heterocycles. The maximum Gasteiger partial charge on any atom is 0.291 e. The molecule has 24 heavy (non-hydrogen) atoms. The molecule has 0 radical (unpaired) electrons. The summed E-state index contributed by atoms with van der Waals surface area (Å²) >= 11 is 1.96. The van der Waals surface area contributed by atoms with Crippen LogP contribution in [0.15, 0.2) is 10.8 Å². The monoisotopic (exact) mass is 352 g/mol. The molecule has 0 unspecified atom stereocenters. The summed E-state index contributed by atoms with van der Waals surface area (Å²) < 4.78 is 16.9. The molecule has 1 amide bonds. The topological polar surface area (TPSA) is 64.8 Å². The van der Waals surface area contributed by atoms with Gasteiger partial charge in [0, 0.05) is 38.7 Å². The first-order valence-electron chi connectivity index (χ1n) is 8.68. The van der Waals surface area contributed by atoms with Crippen LogP contribution in [-0.2, 0) is 9.47 Å². The van der Waals surface area contributed by atoms with Crippen molar-refractivity contribution in [1.82, 2.24) is 9.88 Å². The van der Waals surface area contributed by atoms with Gasteiger partial charge in [-0.25, -0.2) is 4.98 Å². The third-order valence-corrected chi connectivity index (χ3v) is 6.84. The summed E-state index contributed by atoms with van der Waals surface area (Å²) in [5.74, 6) is 2.02. The van der Waals surface area contributed by atoms with Gasteiger partial charge in [0.15, 0.2) is 6.39 Å². The number of nitrogens with zero attached hydrogens (tertiary/aromatic N) is 2. The summed E-state index contributed by atoms with van der Waals surface area (Å²) in [5, 5.41) is 0. The Bertz CT molecular complexity index is 593. The maximum atomic E-state index is 12.4. The normalized spacial score (nSPS) is 26.7. The number of carbonyl (C=O) groups excluding carboxylic acids is 1. The first-order chi connectivity index (χ1) is 11.7. The van der Waals surface area contributed by atoms with Crippen LogP contribution in [0.2, 0.25) is 0 Å². The summed E-state index contributed by atoms with van der Waals surface area (Å²) in [6, 6.07) is 0. The number of hydrogen-bond acceptors (Lipinski definition) is 6. The van der Waals surface area contributed by atoms with Crippen molar-refractivity contribution < 1.29 is 18.7 Å². The second kappa shape index (κ2) is 6.69. The predicted octanol–water partition coefficient (Wildman–Crippen LogP) is 2.13. The number of thioether (sulfide) groups is 1. The molecule has 0 saturated carbocycles. The SMILES string of the molecule is Cc1ncoc1C(=O)N1CC2(C[C@@H](OCC3CCOCC3)CS2)C1. The highest BCUT2D eigenvalue weighted by Gasteiger charge is 2.51. The molecule has 3 aliphatic rings. The van der Waals surface area contributed by atoms with Crippen molar-refractivity contribution in [1.29, 1.82) is 0 Å². The average Bonchev–Trinajstić information content (AvgIpc) is 3.18. The highest BCUT2D eigenvalue weighted by molar-refractivity contribution is 8.01. The van der Waals surface area contributed by atoms with Gasteiger partial charge in [-0.3, -0.25) is 4.79 Å². The highest BCUT2D eigenvalue weighted by atomic mass is 32.2. The standard InChI is InChI=1S/C17H24N2O4S/c1-12-15(23-11-18-12)16(20)19-9-17(10-19)6-14(8-24-17)22-7-13-2-4-21-5-3-13/h11,13-14H,2-10H2,1H3/t14-/m1/s1. The summed E-state index contributed by atoms with van der Waals surface area (Å²) in [4.78, 5) is 18.3. The molecule has 3 fully saturated rings. The molecule has 0 bridgehead atoms. The molecule has 0 N–H and O–H groups in total. The first-order valence-corrected chi connectivity index (χ1v) is 9.66. The number of amides is 1. The quantitative estimate of drug-likeness (QED) is 0.827. The molecular formula is C17H24N2O4S. The zero-order valence-corrected chi connectivity index (χ0v) is 14.8.